The topological polar surface area (TPSA) is 59.1 Å². The molecule has 29 heavy (non-hydrogen) atoms. The molecule has 0 saturated carbocycles. The van der Waals surface area contributed by atoms with Crippen molar-refractivity contribution in [1.29, 1.82) is 0 Å². The molecule has 3 aliphatic heterocycles. The fraction of sp³-hybridized carbons (Fsp3) is 0.636. The predicted octanol–water partition coefficient (Wildman–Crippen LogP) is 2.34. The van der Waals surface area contributed by atoms with Crippen molar-refractivity contribution in [1.82, 2.24) is 20.0 Å². The molecule has 1 aromatic rings. The Morgan fingerprint density at radius 3 is 2.59 bits per heavy atom. The molecule has 7 nitrogen and oxygen atoms in total. The van der Waals surface area contributed by atoms with Gasteiger partial charge in [-0.3, -0.25) is 19.9 Å². The van der Waals surface area contributed by atoms with Crippen molar-refractivity contribution in [3.05, 3.63) is 29.3 Å². The summed E-state index contributed by atoms with van der Waals surface area (Å²) < 4.78 is 0. The van der Waals surface area contributed by atoms with E-state index in [4.69, 9.17) is 0 Å². The van der Waals surface area contributed by atoms with Crippen LogP contribution in [0.15, 0.2) is 18.2 Å². The Hall–Kier alpha value is -2.12. The van der Waals surface area contributed by atoms with Gasteiger partial charge in [-0.15, -0.1) is 0 Å². The molecule has 3 aliphatic rings. The number of benzene rings is 1. The zero-order valence-electron chi connectivity index (χ0n) is 18.2. The lowest BCUT2D eigenvalue weighted by atomic mass is 10.0. The number of urea groups is 1. The average molecular weight is 400 g/mol. The van der Waals surface area contributed by atoms with Crippen LogP contribution in [0.3, 0.4) is 0 Å². The van der Waals surface area contributed by atoms with E-state index in [1.807, 2.05) is 0 Å². The van der Waals surface area contributed by atoms with E-state index in [0.717, 1.165) is 31.6 Å². The van der Waals surface area contributed by atoms with E-state index in [9.17, 15) is 9.59 Å². The first-order chi connectivity index (χ1) is 13.8. The Morgan fingerprint density at radius 1 is 1.14 bits per heavy atom. The van der Waals surface area contributed by atoms with Crippen molar-refractivity contribution < 1.29 is 9.59 Å². The highest BCUT2D eigenvalue weighted by atomic mass is 16.2. The Bertz CT molecular complexity index is 812. The molecule has 4 rings (SSSR count). The lowest BCUT2D eigenvalue weighted by molar-refractivity contribution is -0.138. The van der Waals surface area contributed by atoms with Gasteiger partial charge in [-0.2, -0.15) is 0 Å². The quantitative estimate of drug-likeness (QED) is 0.842. The standard InChI is InChI=1S/C22H33N5O2/c1-6-7-10-25-20(28)18-19(24(5)22(25)29)23-21-26(12-14(2)13-27(18)21)17-9-8-15(3)16(4)11-17/h8-9,11,14,18-19,21,23H,6-7,10,12-13H2,1-5H3. The van der Waals surface area contributed by atoms with Crippen molar-refractivity contribution >= 4 is 17.6 Å². The molecule has 3 fully saturated rings. The maximum Gasteiger partial charge on any atom is 0.327 e. The van der Waals surface area contributed by atoms with Gasteiger partial charge in [0.2, 0.25) is 0 Å². The van der Waals surface area contributed by atoms with Gasteiger partial charge >= 0.3 is 6.03 Å². The number of rotatable bonds is 4. The van der Waals surface area contributed by atoms with E-state index < -0.39 is 0 Å². The Kier molecular flexibility index (Phi) is 5.29. The molecule has 158 valence electrons. The summed E-state index contributed by atoms with van der Waals surface area (Å²) in [4.78, 5) is 34.0. The number of amides is 3. The van der Waals surface area contributed by atoms with Gasteiger partial charge in [0, 0.05) is 32.4 Å². The van der Waals surface area contributed by atoms with Gasteiger partial charge in [0.1, 0.15) is 18.5 Å². The summed E-state index contributed by atoms with van der Waals surface area (Å²) in [7, 11) is 1.81. The monoisotopic (exact) mass is 399 g/mol. The molecule has 7 heteroatoms. The highest BCUT2D eigenvalue weighted by Crippen LogP contribution is 2.35. The van der Waals surface area contributed by atoms with Crippen LogP contribution in [-0.2, 0) is 4.79 Å². The molecule has 1 aromatic carbocycles. The van der Waals surface area contributed by atoms with Crippen LogP contribution in [0.4, 0.5) is 10.5 Å². The number of nitrogens with zero attached hydrogens (tertiary/aromatic N) is 4. The summed E-state index contributed by atoms with van der Waals surface area (Å²) in [5, 5.41) is 3.59. The van der Waals surface area contributed by atoms with Crippen LogP contribution in [0.5, 0.6) is 0 Å². The summed E-state index contributed by atoms with van der Waals surface area (Å²) in [6.45, 7) is 10.8. The van der Waals surface area contributed by atoms with Gasteiger partial charge in [0.05, 0.1) is 0 Å². The van der Waals surface area contributed by atoms with Gasteiger partial charge in [-0.05, 0) is 49.4 Å². The maximum atomic E-state index is 13.4. The predicted molar refractivity (Wildman–Crippen MR) is 113 cm³/mol. The molecule has 0 spiro atoms. The number of anilines is 1. The van der Waals surface area contributed by atoms with Gasteiger partial charge in [-0.25, -0.2) is 4.79 Å². The third-order valence-electron chi connectivity index (χ3n) is 6.64. The number of unbranched alkanes of at least 4 members (excludes halogenated alkanes) is 1. The minimum absolute atomic E-state index is 0.0595. The van der Waals surface area contributed by atoms with E-state index in [-0.39, 0.29) is 30.4 Å². The number of imide groups is 1. The molecule has 4 atom stereocenters. The van der Waals surface area contributed by atoms with Crippen LogP contribution >= 0.6 is 0 Å². The second-order valence-electron chi connectivity index (χ2n) is 8.89. The Labute approximate surface area is 173 Å². The number of fused-ring (bicyclic) bond motifs is 3. The third-order valence-corrected chi connectivity index (χ3v) is 6.64. The molecule has 0 aromatic heterocycles. The van der Waals surface area contributed by atoms with Crippen LogP contribution in [0.25, 0.3) is 0 Å². The molecule has 4 unspecified atom stereocenters. The number of likely N-dealkylation sites (N-methyl/N-ethyl adjacent to an activating group) is 1. The lowest BCUT2D eigenvalue weighted by Gasteiger charge is -2.46. The summed E-state index contributed by atoms with van der Waals surface area (Å²) in [5.41, 5.74) is 3.69. The Morgan fingerprint density at radius 2 is 1.90 bits per heavy atom. The van der Waals surface area contributed by atoms with Crippen LogP contribution in [0, 0.1) is 19.8 Å². The third kappa shape index (κ3) is 3.30. The SMILES string of the molecule is CCCCN1C(=O)C2C(NC3N(c4ccc(C)c(C)c4)CC(C)CN23)N(C)C1=O. The molecule has 0 bridgehead atoms. The minimum Gasteiger partial charge on any atom is -0.343 e. The summed E-state index contributed by atoms with van der Waals surface area (Å²) in [6.07, 6.45) is 1.41. The first-order valence-corrected chi connectivity index (χ1v) is 10.8. The number of hydrogen-bond donors (Lipinski definition) is 1. The van der Waals surface area contributed by atoms with Gasteiger partial charge < -0.3 is 9.80 Å². The highest BCUT2D eigenvalue weighted by Gasteiger charge is 2.56. The van der Waals surface area contributed by atoms with Gasteiger partial charge in [0.15, 0.2) is 0 Å². The second kappa shape index (κ2) is 7.61. The first kappa shape index (κ1) is 20.2. The number of hydrogen-bond acceptors (Lipinski definition) is 5. The summed E-state index contributed by atoms with van der Waals surface area (Å²) >= 11 is 0. The molecule has 3 heterocycles. The summed E-state index contributed by atoms with van der Waals surface area (Å²) in [6, 6.07) is 6.01. The van der Waals surface area contributed by atoms with Crippen molar-refractivity contribution in [3.63, 3.8) is 0 Å². The number of carbonyl (C=O) groups is 2. The fourth-order valence-electron chi connectivity index (χ4n) is 4.85. The normalized spacial score (nSPS) is 30.0. The van der Waals surface area contributed by atoms with Gasteiger partial charge in [-0.1, -0.05) is 26.3 Å². The molecule has 3 saturated heterocycles. The van der Waals surface area contributed by atoms with E-state index in [0.29, 0.717) is 12.5 Å². The minimum atomic E-state index is -0.337. The molecule has 1 N–H and O–H groups in total. The van der Waals surface area contributed by atoms with Crippen molar-refractivity contribution in [3.8, 4) is 0 Å². The van der Waals surface area contributed by atoms with Crippen LogP contribution in [-0.4, -0.2) is 71.8 Å². The summed E-state index contributed by atoms with van der Waals surface area (Å²) in [5.74, 6) is 0.365. The van der Waals surface area contributed by atoms with Crippen LogP contribution in [0.1, 0.15) is 37.8 Å². The number of aryl methyl sites for hydroxylation is 2. The second-order valence-corrected chi connectivity index (χ2v) is 8.89. The largest absolute Gasteiger partial charge is 0.343 e. The van der Waals surface area contributed by atoms with Crippen molar-refractivity contribution in [2.75, 3.05) is 31.6 Å². The van der Waals surface area contributed by atoms with E-state index in [1.165, 1.54) is 16.0 Å². The molecular weight excluding hydrogens is 366 g/mol. The van der Waals surface area contributed by atoms with Crippen LogP contribution < -0.4 is 10.2 Å². The maximum absolute atomic E-state index is 13.4. The highest BCUT2D eigenvalue weighted by molar-refractivity contribution is 6.00. The van der Waals surface area contributed by atoms with E-state index in [1.54, 1.807) is 11.9 Å². The average Bonchev–Trinajstić information content (AvgIpc) is 3.07. The van der Waals surface area contributed by atoms with Gasteiger partial charge in [0.25, 0.3) is 5.91 Å². The molecule has 3 amide bonds. The fourth-order valence-corrected chi connectivity index (χ4v) is 4.85. The van der Waals surface area contributed by atoms with Crippen molar-refractivity contribution in [2.45, 2.75) is 59.0 Å². The molecule has 0 radical (unpaired) electrons. The smallest absolute Gasteiger partial charge is 0.327 e. The van der Waals surface area contributed by atoms with Crippen molar-refractivity contribution in [2.24, 2.45) is 5.92 Å². The lowest BCUT2D eigenvalue weighted by Crippen LogP contribution is -2.66. The molecular formula is C22H33N5O2. The number of carbonyl (C=O) groups excluding carboxylic acids is 2. The Balaban J connectivity index is 1.66. The van der Waals surface area contributed by atoms with E-state index >= 15 is 0 Å². The molecule has 0 aliphatic carbocycles. The zero-order valence-corrected chi connectivity index (χ0v) is 18.2. The van der Waals surface area contributed by atoms with E-state index in [2.05, 4.69) is 61.0 Å². The first-order valence-electron chi connectivity index (χ1n) is 10.8. The zero-order chi connectivity index (χ0) is 20.9. The van der Waals surface area contributed by atoms with Crippen LogP contribution in [0.2, 0.25) is 0 Å². The number of nitrogens with one attached hydrogen (secondary N) is 1.